The minimum Gasteiger partial charge on any atom is -0.351 e. The van der Waals surface area contributed by atoms with Crippen molar-refractivity contribution in [2.45, 2.75) is 44.7 Å². The number of nitrogens with zero attached hydrogens (tertiary/aromatic N) is 1. The topological polar surface area (TPSA) is 49.4 Å². The van der Waals surface area contributed by atoms with E-state index in [0.29, 0.717) is 25.1 Å². The van der Waals surface area contributed by atoms with E-state index in [4.69, 9.17) is 0 Å². The lowest BCUT2D eigenvalue weighted by Crippen LogP contribution is -2.55. The van der Waals surface area contributed by atoms with Crippen LogP contribution in [0.3, 0.4) is 0 Å². The van der Waals surface area contributed by atoms with Gasteiger partial charge in [-0.3, -0.25) is 9.59 Å². The summed E-state index contributed by atoms with van der Waals surface area (Å²) in [6.07, 6.45) is 4.66. The molecule has 1 N–H and O–H groups in total. The van der Waals surface area contributed by atoms with E-state index in [0.717, 1.165) is 25.7 Å². The van der Waals surface area contributed by atoms with Gasteiger partial charge >= 0.3 is 0 Å². The Balaban J connectivity index is 1.49. The Morgan fingerprint density at radius 3 is 2.48 bits per heavy atom. The zero-order valence-corrected chi connectivity index (χ0v) is 15.6. The molecule has 1 aliphatic heterocycles. The molecule has 2 fully saturated rings. The van der Waals surface area contributed by atoms with E-state index in [1.165, 1.54) is 5.56 Å². The molecule has 4 nitrogen and oxygen atoms in total. The van der Waals surface area contributed by atoms with Crippen molar-refractivity contribution < 1.29 is 9.59 Å². The number of amides is 2. The molecule has 0 unspecified atom stereocenters. The lowest BCUT2D eigenvalue weighted by atomic mass is 9.74. The minimum absolute atomic E-state index is 0.00707. The van der Waals surface area contributed by atoms with Crippen molar-refractivity contribution in [1.29, 1.82) is 0 Å². The van der Waals surface area contributed by atoms with Crippen molar-refractivity contribution in [1.82, 2.24) is 10.2 Å². The van der Waals surface area contributed by atoms with E-state index in [-0.39, 0.29) is 23.3 Å². The Kier molecular flexibility index (Phi) is 4.97. The molecular formula is C23H26N2O2. The Morgan fingerprint density at radius 2 is 1.74 bits per heavy atom. The van der Waals surface area contributed by atoms with Gasteiger partial charge in [0.05, 0.1) is 0 Å². The number of rotatable bonds is 5. The van der Waals surface area contributed by atoms with E-state index >= 15 is 0 Å². The summed E-state index contributed by atoms with van der Waals surface area (Å²) in [5.74, 6) is 0.220. The fourth-order valence-corrected chi connectivity index (χ4v) is 4.79. The molecule has 0 aromatic heterocycles. The summed E-state index contributed by atoms with van der Waals surface area (Å²) in [6, 6.07) is 19.8. The van der Waals surface area contributed by atoms with Crippen LogP contribution in [0.25, 0.3) is 0 Å². The third-order valence-corrected chi connectivity index (χ3v) is 6.23. The summed E-state index contributed by atoms with van der Waals surface area (Å²) < 4.78 is 0. The lowest BCUT2D eigenvalue weighted by Gasteiger charge is -2.46. The normalized spacial score (nSPS) is 24.5. The zero-order valence-electron chi connectivity index (χ0n) is 15.6. The number of piperidine rings is 1. The summed E-state index contributed by atoms with van der Waals surface area (Å²) in [6.45, 7) is 1.31. The second-order valence-electron chi connectivity index (χ2n) is 7.83. The molecule has 27 heavy (non-hydrogen) atoms. The van der Waals surface area contributed by atoms with Gasteiger partial charge in [-0.2, -0.15) is 0 Å². The van der Waals surface area contributed by atoms with Crippen LogP contribution in [0.15, 0.2) is 60.7 Å². The number of likely N-dealkylation sites (tertiary alicyclic amines) is 1. The molecule has 1 saturated carbocycles. The molecule has 1 saturated heterocycles. The van der Waals surface area contributed by atoms with Gasteiger partial charge in [0, 0.05) is 36.5 Å². The first-order chi connectivity index (χ1) is 13.2. The van der Waals surface area contributed by atoms with E-state index in [1.807, 2.05) is 48.5 Å². The average Bonchev–Trinajstić information content (AvgIpc) is 3.14. The van der Waals surface area contributed by atoms with Crippen LogP contribution in [-0.2, 0) is 11.3 Å². The molecule has 0 bridgehead atoms. The maximum Gasteiger partial charge on any atom is 0.251 e. The SMILES string of the molecule is O=C(NC[C@@]12CCC[C@H]1N(Cc1ccccc1)C(=O)CC2)c1ccccc1. The third kappa shape index (κ3) is 3.61. The number of fused-ring (bicyclic) bond motifs is 1. The molecule has 2 aliphatic rings. The molecular weight excluding hydrogens is 336 g/mol. The number of nitrogens with one attached hydrogen (secondary N) is 1. The fourth-order valence-electron chi connectivity index (χ4n) is 4.79. The van der Waals surface area contributed by atoms with Gasteiger partial charge in [-0.15, -0.1) is 0 Å². The van der Waals surface area contributed by atoms with Gasteiger partial charge in [0.15, 0.2) is 0 Å². The second-order valence-corrected chi connectivity index (χ2v) is 7.83. The first-order valence-electron chi connectivity index (χ1n) is 9.85. The van der Waals surface area contributed by atoms with E-state index in [2.05, 4.69) is 22.3 Å². The summed E-state index contributed by atoms with van der Waals surface area (Å²) in [5.41, 5.74) is 1.87. The molecule has 1 heterocycles. The third-order valence-electron chi connectivity index (χ3n) is 6.23. The maximum absolute atomic E-state index is 12.7. The largest absolute Gasteiger partial charge is 0.351 e. The van der Waals surface area contributed by atoms with Crippen LogP contribution >= 0.6 is 0 Å². The standard InChI is InChI=1S/C23H26N2O2/c26-21-13-15-23(17-24-22(27)19-10-5-2-6-11-19)14-7-12-20(23)25(21)16-18-8-3-1-4-9-18/h1-6,8-11,20H,7,12-17H2,(H,24,27)/t20-,23+/m1/s1. The monoisotopic (exact) mass is 362 g/mol. The summed E-state index contributed by atoms with van der Waals surface area (Å²) in [7, 11) is 0. The number of hydrogen-bond acceptors (Lipinski definition) is 2. The highest BCUT2D eigenvalue weighted by Gasteiger charge is 2.50. The molecule has 4 rings (SSSR count). The molecule has 2 aromatic carbocycles. The minimum atomic E-state index is -0.0258. The number of hydrogen-bond donors (Lipinski definition) is 1. The van der Waals surface area contributed by atoms with Crippen LogP contribution in [0, 0.1) is 5.41 Å². The maximum atomic E-state index is 12.7. The molecule has 1 aliphatic carbocycles. The lowest BCUT2D eigenvalue weighted by molar-refractivity contribution is -0.142. The van der Waals surface area contributed by atoms with Gasteiger partial charge in [-0.1, -0.05) is 55.0 Å². The Hall–Kier alpha value is -2.62. The summed E-state index contributed by atoms with van der Waals surface area (Å²) in [4.78, 5) is 27.3. The van der Waals surface area contributed by atoms with Crippen molar-refractivity contribution in [2.75, 3.05) is 6.54 Å². The Labute approximate surface area is 160 Å². The van der Waals surface area contributed by atoms with Gasteiger partial charge in [0.1, 0.15) is 0 Å². The van der Waals surface area contributed by atoms with E-state index in [9.17, 15) is 9.59 Å². The number of carbonyl (C=O) groups is 2. The van der Waals surface area contributed by atoms with Crippen molar-refractivity contribution in [2.24, 2.45) is 5.41 Å². The predicted molar refractivity (Wildman–Crippen MR) is 105 cm³/mol. The fraction of sp³-hybridized carbons (Fsp3) is 0.391. The second kappa shape index (κ2) is 7.55. The van der Waals surface area contributed by atoms with Gasteiger partial charge in [-0.25, -0.2) is 0 Å². The van der Waals surface area contributed by atoms with Crippen molar-refractivity contribution >= 4 is 11.8 Å². The van der Waals surface area contributed by atoms with Gasteiger partial charge in [0.25, 0.3) is 5.91 Å². The van der Waals surface area contributed by atoms with Crippen LogP contribution in [0.1, 0.15) is 48.0 Å². The average molecular weight is 362 g/mol. The van der Waals surface area contributed by atoms with E-state index < -0.39 is 0 Å². The van der Waals surface area contributed by atoms with Crippen LogP contribution in [0.2, 0.25) is 0 Å². The van der Waals surface area contributed by atoms with Gasteiger partial charge in [-0.05, 0) is 37.0 Å². The van der Waals surface area contributed by atoms with Gasteiger partial charge < -0.3 is 10.2 Å². The van der Waals surface area contributed by atoms with Crippen LogP contribution in [0.4, 0.5) is 0 Å². The predicted octanol–water partition coefficient (Wildman–Crippen LogP) is 3.78. The molecule has 2 atom stereocenters. The van der Waals surface area contributed by atoms with Crippen molar-refractivity contribution in [3.8, 4) is 0 Å². The molecule has 0 radical (unpaired) electrons. The summed E-state index contributed by atoms with van der Waals surface area (Å²) >= 11 is 0. The van der Waals surface area contributed by atoms with Crippen LogP contribution in [-0.4, -0.2) is 29.3 Å². The highest BCUT2D eigenvalue weighted by Crippen LogP contribution is 2.48. The Bertz CT molecular complexity index is 806. The van der Waals surface area contributed by atoms with Crippen molar-refractivity contribution in [3.63, 3.8) is 0 Å². The van der Waals surface area contributed by atoms with Gasteiger partial charge in [0.2, 0.25) is 5.91 Å². The molecule has 4 heteroatoms. The van der Waals surface area contributed by atoms with Crippen molar-refractivity contribution in [3.05, 3.63) is 71.8 Å². The highest BCUT2D eigenvalue weighted by atomic mass is 16.2. The van der Waals surface area contributed by atoms with E-state index in [1.54, 1.807) is 0 Å². The molecule has 2 amide bonds. The smallest absolute Gasteiger partial charge is 0.251 e. The molecule has 0 spiro atoms. The van der Waals surface area contributed by atoms with Crippen LogP contribution < -0.4 is 5.32 Å². The zero-order chi connectivity index (χ0) is 18.7. The Morgan fingerprint density at radius 1 is 1.04 bits per heavy atom. The number of carbonyl (C=O) groups excluding carboxylic acids is 2. The van der Waals surface area contributed by atoms with Crippen LogP contribution in [0.5, 0.6) is 0 Å². The highest BCUT2D eigenvalue weighted by molar-refractivity contribution is 5.94. The first-order valence-corrected chi connectivity index (χ1v) is 9.85. The first kappa shape index (κ1) is 17.8. The number of benzene rings is 2. The molecule has 2 aromatic rings. The molecule has 140 valence electrons. The quantitative estimate of drug-likeness (QED) is 0.880. The summed E-state index contributed by atoms with van der Waals surface area (Å²) in [5, 5.41) is 3.15.